The quantitative estimate of drug-likeness (QED) is 0.810. The largest absolute Gasteiger partial charge is 0.434 e. The molecule has 0 aromatic heterocycles. The molecule has 0 saturated carbocycles. The molecule has 1 aromatic rings. The molecule has 7 heteroatoms. The van der Waals surface area contributed by atoms with Crippen LogP contribution in [0.4, 0.5) is 8.78 Å². The maximum Gasteiger partial charge on any atom is 0.387 e. The van der Waals surface area contributed by atoms with E-state index in [1.165, 1.54) is 18.2 Å². The van der Waals surface area contributed by atoms with Gasteiger partial charge in [0.15, 0.2) is 0 Å². The van der Waals surface area contributed by atoms with Gasteiger partial charge < -0.3 is 15.4 Å². The maximum atomic E-state index is 12.4. The highest BCUT2D eigenvalue weighted by atomic mass is 19.3. The van der Waals surface area contributed by atoms with Crippen LogP contribution in [-0.2, 0) is 9.59 Å². The molecular formula is C17H20F2N2O3. The van der Waals surface area contributed by atoms with Gasteiger partial charge >= 0.3 is 6.61 Å². The number of carbonyl (C=O) groups excluding carboxylic acids is 2. The van der Waals surface area contributed by atoms with Crippen LogP contribution in [0.3, 0.4) is 0 Å². The highest BCUT2D eigenvalue weighted by Crippen LogP contribution is 2.23. The highest BCUT2D eigenvalue weighted by Gasteiger charge is 2.26. The number of likely N-dealkylation sites (tertiary alicyclic amines) is 1. The minimum atomic E-state index is -2.93. The lowest BCUT2D eigenvalue weighted by Crippen LogP contribution is -2.44. The average molecular weight is 338 g/mol. The van der Waals surface area contributed by atoms with Crippen LogP contribution >= 0.6 is 0 Å². The molecule has 130 valence electrons. The van der Waals surface area contributed by atoms with E-state index in [0.717, 1.165) is 19.3 Å². The van der Waals surface area contributed by atoms with Crippen molar-refractivity contribution in [3.63, 3.8) is 0 Å². The van der Waals surface area contributed by atoms with Crippen molar-refractivity contribution in [3.05, 3.63) is 35.9 Å². The Morgan fingerprint density at radius 2 is 2.08 bits per heavy atom. The van der Waals surface area contributed by atoms with Gasteiger partial charge in [0, 0.05) is 30.6 Å². The number of piperidine rings is 1. The summed E-state index contributed by atoms with van der Waals surface area (Å²) in [5.74, 6) is -0.712. The third-order valence-electron chi connectivity index (χ3n) is 3.89. The fourth-order valence-corrected chi connectivity index (χ4v) is 2.81. The number of rotatable bonds is 6. The minimum absolute atomic E-state index is 0.00359. The van der Waals surface area contributed by atoms with E-state index in [0.29, 0.717) is 12.1 Å². The summed E-state index contributed by atoms with van der Waals surface area (Å²) in [5.41, 5.74) is 5.62. The van der Waals surface area contributed by atoms with Crippen LogP contribution in [0, 0.1) is 0 Å². The average Bonchev–Trinajstić information content (AvgIpc) is 2.53. The van der Waals surface area contributed by atoms with Crippen LogP contribution in [0.25, 0.3) is 6.08 Å². The van der Waals surface area contributed by atoms with Gasteiger partial charge in [-0.2, -0.15) is 8.78 Å². The number of nitrogens with zero attached hydrogens (tertiary/aromatic N) is 1. The van der Waals surface area contributed by atoms with Gasteiger partial charge in [-0.1, -0.05) is 18.2 Å². The molecule has 0 bridgehead atoms. The number of halogens is 2. The Kier molecular flexibility index (Phi) is 6.28. The number of carbonyl (C=O) groups is 2. The number of ether oxygens (including phenoxy) is 1. The van der Waals surface area contributed by atoms with Gasteiger partial charge in [-0.05, 0) is 31.4 Å². The third kappa shape index (κ3) is 5.04. The molecule has 2 amide bonds. The van der Waals surface area contributed by atoms with E-state index in [1.807, 2.05) is 0 Å². The summed E-state index contributed by atoms with van der Waals surface area (Å²) in [4.78, 5) is 25.1. The lowest BCUT2D eigenvalue weighted by molar-refractivity contribution is -0.130. The fourth-order valence-electron chi connectivity index (χ4n) is 2.81. The summed E-state index contributed by atoms with van der Waals surface area (Å²) < 4.78 is 29.2. The van der Waals surface area contributed by atoms with E-state index < -0.39 is 12.5 Å². The Morgan fingerprint density at radius 1 is 1.33 bits per heavy atom. The summed E-state index contributed by atoms with van der Waals surface area (Å²) in [6, 6.07) is 6.02. The number of para-hydroxylation sites is 1. The zero-order valence-corrected chi connectivity index (χ0v) is 13.2. The number of hydrogen-bond acceptors (Lipinski definition) is 3. The van der Waals surface area contributed by atoms with Crippen LogP contribution in [-0.4, -0.2) is 35.9 Å². The first-order valence-corrected chi connectivity index (χ1v) is 7.78. The molecule has 0 radical (unpaired) electrons. The highest BCUT2D eigenvalue weighted by molar-refractivity contribution is 5.92. The van der Waals surface area contributed by atoms with Gasteiger partial charge in [-0.15, -0.1) is 0 Å². The molecule has 1 heterocycles. The Bertz CT molecular complexity index is 620. The van der Waals surface area contributed by atoms with Crippen molar-refractivity contribution in [2.75, 3.05) is 6.54 Å². The molecule has 0 unspecified atom stereocenters. The summed E-state index contributed by atoms with van der Waals surface area (Å²) in [7, 11) is 0. The number of benzene rings is 1. The molecule has 1 aliphatic heterocycles. The predicted molar refractivity (Wildman–Crippen MR) is 85.3 cm³/mol. The second-order valence-corrected chi connectivity index (χ2v) is 5.60. The van der Waals surface area contributed by atoms with E-state index in [9.17, 15) is 18.4 Å². The number of hydrogen-bond donors (Lipinski definition) is 1. The molecule has 2 N–H and O–H groups in total. The molecule has 2 rings (SSSR count). The number of nitrogens with two attached hydrogens (primary N) is 1. The lowest BCUT2D eigenvalue weighted by Gasteiger charge is -2.34. The first kappa shape index (κ1) is 17.9. The zero-order chi connectivity index (χ0) is 17.5. The van der Waals surface area contributed by atoms with E-state index in [4.69, 9.17) is 5.73 Å². The first-order valence-electron chi connectivity index (χ1n) is 7.78. The van der Waals surface area contributed by atoms with E-state index in [1.54, 1.807) is 23.1 Å². The van der Waals surface area contributed by atoms with Crippen LogP contribution < -0.4 is 10.5 Å². The van der Waals surface area contributed by atoms with Crippen molar-refractivity contribution >= 4 is 17.9 Å². The molecule has 1 aromatic carbocycles. The van der Waals surface area contributed by atoms with Crippen molar-refractivity contribution in [3.8, 4) is 5.75 Å². The second-order valence-electron chi connectivity index (χ2n) is 5.60. The van der Waals surface area contributed by atoms with E-state index in [2.05, 4.69) is 4.74 Å². The summed E-state index contributed by atoms with van der Waals surface area (Å²) in [5, 5.41) is 0. The molecule has 5 nitrogen and oxygen atoms in total. The number of primary amides is 1. The molecule has 1 fully saturated rings. The molecule has 0 aliphatic carbocycles. The predicted octanol–water partition coefficient (Wildman–Crippen LogP) is 2.56. The second kappa shape index (κ2) is 8.42. The number of alkyl halides is 2. The smallest absolute Gasteiger partial charge is 0.387 e. The third-order valence-corrected chi connectivity index (χ3v) is 3.89. The van der Waals surface area contributed by atoms with Crippen molar-refractivity contribution in [2.45, 2.75) is 38.3 Å². The van der Waals surface area contributed by atoms with Crippen molar-refractivity contribution < 1.29 is 23.1 Å². The van der Waals surface area contributed by atoms with Crippen molar-refractivity contribution in [1.29, 1.82) is 0 Å². The van der Waals surface area contributed by atoms with Gasteiger partial charge in [0.05, 0.1) is 0 Å². The van der Waals surface area contributed by atoms with Crippen LogP contribution in [0.1, 0.15) is 31.2 Å². The van der Waals surface area contributed by atoms with Gasteiger partial charge in [0.25, 0.3) is 0 Å². The minimum Gasteiger partial charge on any atom is -0.434 e. The van der Waals surface area contributed by atoms with E-state index >= 15 is 0 Å². The Balaban J connectivity index is 2.10. The van der Waals surface area contributed by atoms with Gasteiger partial charge in [0.1, 0.15) is 5.75 Å². The van der Waals surface area contributed by atoms with Gasteiger partial charge in [-0.25, -0.2) is 0 Å². The molecule has 1 atom stereocenters. The molecule has 1 saturated heterocycles. The van der Waals surface area contributed by atoms with Crippen LogP contribution in [0.2, 0.25) is 0 Å². The molecule has 1 aliphatic rings. The first-order chi connectivity index (χ1) is 11.5. The monoisotopic (exact) mass is 338 g/mol. The summed E-state index contributed by atoms with van der Waals surface area (Å²) in [6.45, 7) is -2.38. The lowest BCUT2D eigenvalue weighted by atomic mass is 9.99. The normalized spacial score (nSPS) is 18.1. The SMILES string of the molecule is NC(=O)C[C@H]1CCCCN1C(=O)/C=C\c1ccccc1OC(F)F. The topological polar surface area (TPSA) is 72.6 Å². The standard InChI is InChI=1S/C17H20F2N2O3/c18-17(19)24-14-7-2-1-5-12(14)8-9-16(23)21-10-4-3-6-13(21)11-15(20)22/h1-2,5,7-9,13,17H,3-4,6,10-11H2,(H2,20,22)/b9-8-/t13-/m1/s1. The van der Waals surface area contributed by atoms with Crippen LogP contribution in [0.5, 0.6) is 5.75 Å². The molecular weight excluding hydrogens is 318 g/mol. The zero-order valence-electron chi connectivity index (χ0n) is 13.2. The van der Waals surface area contributed by atoms with Crippen molar-refractivity contribution in [2.24, 2.45) is 5.73 Å². The Labute approximate surface area is 139 Å². The Hall–Kier alpha value is -2.44. The Morgan fingerprint density at radius 3 is 2.79 bits per heavy atom. The van der Waals surface area contributed by atoms with Crippen molar-refractivity contribution in [1.82, 2.24) is 4.90 Å². The van der Waals surface area contributed by atoms with Gasteiger partial charge in [0.2, 0.25) is 11.8 Å². The molecule has 24 heavy (non-hydrogen) atoms. The number of amides is 2. The van der Waals surface area contributed by atoms with Gasteiger partial charge in [-0.3, -0.25) is 9.59 Å². The summed E-state index contributed by atoms with van der Waals surface area (Å²) >= 11 is 0. The fraction of sp³-hybridized carbons (Fsp3) is 0.412. The van der Waals surface area contributed by atoms with Crippen LogP contribution in [0.15, 0.2) is 30.3 Å². The summed E-state index contributed by atoms with van der Waals surface area (Å²) in [6.07, 6.45) is 5.41. The van der Waals surface area contributed by atoms with E-state index in [-0.39, 0.29) is 24.1 Å². The maximum absolute atomic E-state index is 12.4. The molecule has 0 spiro atoms.